The minimum Gasteiger partial charge on any atom is -0.377 e. The monoisotopic (exact) mass is 314 g/mol. The van der Waals surface area contributed by atoms with Gasteiger partial charge in [-0.25, -0.2) is 4.39 Å². The maximum absolute atomic E-state index is 13.6. The molecule has 3 nitrogen and oxygen atoms in total. The number of nitrogens with one attached hydrogen (secondary N) is 2. The van der Waals surface area contributed by atoms with Crippen molar-refractivity contribution in [3.05, 3.63) is 22.4 Å². The van der Waals surface area contributed by atoms with Gasteiger partial charge in [0.15, 0.2) is 0 Å². The highest BCUT2D eigenvalue weighted by molar-refractivity contribution is 9.10. The molecule has 0 fully saturated rings. The van der Waals surface area contributed by atoms with Crippen LogP contribution in [-0.2, 0) is 4.79 Å². The van der Waals surface area contributed by atoms with Gasteiger partial charge in [0.2, 0.25) is 5.91 Å². The molecule has 2 rings (SSSR count). The van der Waals surface area contributed by atoms with E-state index in [2.05, 4.69) is 26.6 Å². The molecule has 2 N–H and O–H groups in total. The molecule has 1 aliphatic heterocycles. The molecule has 0 unspecified atom stereocenters. The second kappa shape index (κ2) is 3.95. The van der Waals surface area contributed by atoms with Gasteiger partial charge in [-0.05, 0) is 49.7 Å². The Kier molecular flexibility index (Phi) is 2.93. The summed E-state index contributed by atoms with van der Waals surface area (Å²) in [5.74, 6) is -0.441. The number of anilines is 2. The van der Waals surface area contributed by atoms with E-state index in [1.165, 1.54) is 6.07 Å². The maximum Gasteiger partial charge on any atom is 0.232 e. The van der Waals surface area contributed by atoms with Crippen LogP contribution in [0.1, 0.15) is 27.7 Å². The van der Waals surface area contributed by atoms with E-state index < -0.39 is 11.0 Å². The molecule has 1 heterocycles. The average molecular weight is 315 g/mol. The summed E-state index contributed by atoms with van der Waals surface area (Å²) in [4.78, 5) is 12.3. The van der Waals surface area contributed by atoms with Crippen molar-refractivity contribution < 1.29 is 9.18 Å². The van der Waals surface area contributed by atoms with Crippen LogP contribution in [0.25, 0.3) is 0 Å². The van der Waals surface area contributed by atoms with E-state index in [-0.39, 0.29) is 11.7 Å². The Morgan fingerprint density at radius 3 is 2.39 bits per heavy atom. The number of amides is 1. The van der Waals surface area contributed by atoms with Crippen LogP contribution in [-0.4, -0.2) is 11.4 Å². The first-order valence-corrected chi connectivity index (χ1v) is 6.53. The lowest BCUT2D eigenvalue weighted by atomic mass is 9.74. The summed E-state index contributed by atoms with van der Waals surface area (Å²) in [6.45, 7) is 7.60. The smallest absolute Gasteiger partial charge is 0.232 e. The van der Waals surface area contributed by atoms with Crippen LogP contribution in [0, 0.1) is 11.2 Å². The molecule has 0 bridgehead atoms. The van der Waals surface area contributed by atoms with Gasteiger partial charge in [0.25, 0.3) is 0 Å². The lowest BCUT2D eigenvalue weighted by Gasteiger charge is -2.39. The van der Waals surface area contributed by atoms with Crippen molar-refractivity contribution in [2.45, 2.75) is 33.2 Å². The lowest BCUT2D eigenvalue weighted by molar-refractivity contribution is -0.126. The van der Waals surface area contributed by atoms with Gasteiger partial charge in [-0.1, -0.05) is 0 Å². The first-order valence-electron chi connectivity index (χ1n) is 5.74. The van der Waals surface area contributed by atoms with E-state index in [1.807, 2.05) is 27.7 Å². The van der Waals surface area contributed by atoms with Crippen molar-refractivity contribution in [2.24, 2.45) is 5.41 Å². The second-order valence-electron chi connectivity index (χ2n) is 5.64. The standard InChI is InChI=1S/C13H16BrFN2O/c1-12(2)11(18)16-9-5-7(14)8(15)6-10(9)17-13(12,3)4/h5-6,17H,1-4H3,(H,16,18). The van der Waals surface area contributed by atoms with E-state index >= 15 is 0 Å². The van der Waals surface area contributed by atoms with E-state index in [0.29, 0.717) is 15.8 Å². The SMILES string of the molecule is CC1(C)Nc2cc(F)c(Br)cc2NC(=O)C1(C)C. The molecule has 0 atom stereocenters. The number of carbonyl (C=O) groups excluding carboxylic acids is 1. The molecule has 1 aliphatic rings. The summed E-state index contributed by atoms with van der Waals surface area (Å²) in [7, 11) is 0. The summed E-state index contributed by atoms with van der Waals surface area (Å²) in [6.07, 6.45) is 0. The largest absolute Gasteiger partial charge is 0.377 e. The molecule has 18 heavy (non-hydrogen) atoms. The molecule has 1 aromatic rings. The van der Waals surface area contributed by atoms with Crippen LogP contribution in [0.2, 0.25) is 0 Å². The third-order valence-corrected chi connectivity index (χ3v) is 4.49. The minimum absolute atomic E-state index is 0.0859. The Hall–Kier alpha value is -1.10. The minimum atomic E-state index is -0.616. The van der Waals surface area contributed by atoms with Crippen LogP contribution in [0.4, 0.5) is 15.8 Å². The topological polar surface area (TPSA) is 41.1 Å². The zero-order valence-corrected chi connectivity index (χ0v) is 12.4. The predicted molar refractivity (Wildman–Crippen MR) is 74.2 cm³/mol. The van der Waals surface area contributed by atoms with E-state index in [4.69, 9.17) is 0 Å². The van der Waals surface area contributed by atoms with Crippen molar-refractivity contribution in [1.29, 1.82) is 0 Å². The second-order valence-corrected chi connectivity index (χ2v) is 6.50. The predicted octanol–water partition coefficient (Wildman–Crippen LogP) is 3.76. The molecule has 98 valence electrons. The van der Waals surface area contributed by atoms with Crippen molar-refractivity contribution in [1.82, 2.24) is 0 Å². The fraction of sp³-hybridized carbons (Fsp3) is 0.462. The Labute approximate surface area is 114 Å². The maximum atomic E-state index is 13.6. The molecule has 0 aromatic heterocycles. The molecule has 0 saturated heterocycles. The first-order chi connectivity index (χ1) is 8.15. The summed E-state index contributed by atoms with van der Waals surface area (Å²) in [5.41, 5.74) is 0.0870. The van der Waals surface area contributed by atoms with Gasteiger partial charge >= 0.3 is 0 Å². The molecular formula is C13H16BrFN2O. The summed E-state index contributed by atoms with van der Waals surface area (Å²) in [6, 6.07) is 2.97. The van der Waals surface area contributed by atoms with Crippen LogP contribution in [0.15, 0.2) is 16.6 Å². The van der Waals surface area contributed by atoms with Gasteiger partial charge in [0.05, 0.1) is 21.3 Å². The number of fused-ring (bicyclic) bond motifs is 1. The Morgan fingerprint density at radius 1 is 1.17 bits per heavy atom. The van der Waals surface area contributed by atoms with Gasteiger partial charge in [0, 0.05) is 11.6 Å². The Morgan fingerprint density at radius 2 is 1.78 bits per heavy atom. The Bertz CT molecular complexity index is 526. The van der Waals surface area contributed by atoms with Gasteiger partial charge in [0.1, 0.15) is 5.82 Å². The zero-order valence-electron chi connectivity index (χ0n) is 10.8. The number of benzene rings is 1. The summed E-state index contributed by atoms with van der Waals surface area (Å²) < 4.78 is 13.9. The van der Waals surface area contributed by atoms with Crippen molar-refractivity contribution in [2.75, 3.05) is 10.6 Å². The number of hydrogen-bond acceptors (Lipinski definition) is 2. The van der Waals surface area contributed by atoms with Crippen molar-refractivity contribution >= 4 is 33.2 Å². The van der Waals surface area contributed by atoms with Crippen LogP contribution < -0.4 is 10.6 Å². The zero-order chi connectivity index (χ0) is 13.7. The average Bonchev–Trinajstić information content (AvgIpc) is 2.28. The molecule has 0 aliphatic carbocycles. The number of hydrogen-bond donors (Lipinski definition) is 2. The van der Waals surface area contributed by atoms with Crippen molar-refractivity contribution in [3.8, 4) is 0 Å². The third kappa shape index (κ3) is 1.90. The summed E-state index contributed by atoms with van der Waals surface area (Å²) >= 11 is 3.12. The lowest BCUT2D eigenvalue weighted by Crippen LogP contribution is -2.50. The molecule has 0 saturated carbocycles. The van der Waals surface area contributed by atoms with E-state index in [1.54, 1.807) is 6.07 Å². The number of halogens is 2. The molecular weight excluding hydrogens is 299 g/mol. The first kappa shape index (κ1) is 13.3. The van der Waals surface area contributed by atoms with E-state index in [9.17, 15) is 9.18 Å². The fourth-order valence-electron chi connectivity index (χ4n) is 1.81. The fourth-order valence-corrected chi connectivity index (χ4v) is 2.15. The van der Waals surface area contributed by atoms with Gasteiger partial charge in [-0.3, -0.25) is 4.79 Å². The van der Waals surface area contributed by atoms with Gasteiger partial charge in [-0.15, -0.1) is 0 Å². The van der Waals surface area contributed by atoms with Crippen LogP contribution in [0.3, 0.4) is 0 Å². The Balaban J connectivity index is 2.59. The quantitative estimate of drug-likeness (QED) is 0.765. The van der Waals surface area contributed by atoms with Gasteiger partial charge in [-0.2, -0.15) is 0 Å². The third-order valence-electron chi connectivity index (χ3n) is 3.89. The molecule has 0 radical (unpaired) electrons. The molecule has 0 spiro atoms. The number of carbonyl (C=O) groups is 1. The molecule has 5 heteroatoms. The highest BCUT2D eigenvalue weighted by Gasteiger charge is 2.45. The van der Waals surface area contributed by atoms with E-state index in [0.717, 1.165) is 0 Å². The number of rotatable bonds is 0. The van der Waals surface area contributed by atoms with Crippen molar-refractivity contribution in [3.63, 3.8) is 0 Å². The summed E-state index contributed by atoms with van der Waals surface area (Å²) in [5, 5.41) is 6.08. The molecule has 1 amide bonds. The molecule has 1 aromatic carbocycles. The van der Waals surface area contributed by atoms with Crippen LogP contribution in [0.5, 0.6) is 0 Å². The highest BCUT2D eigenvalue weighted by Crippen LogP contribution is 2.41. The van der Waals surface area contributed by atoms with Gasteiger partial charge < -0.3 is 10.6 Å². The van der Waals surface area contributed by atoms with Crippen LogP contribution >= 0.6 is 15.9 Å². The normalized spacial score (nSPS) is 20.4. The highest BCUT2D eigenvalue weighted by atomic mass is 79.9.